The second-order valence-electron chi connectivity index (χ2n) is 3.78. The zero-order valence-corrected chi connectivity index (χ0v) is 11.6. The minimum Gasteiger partial charge on any atom is -0.294 e. The molecule has 0 unspecified atom stereocenters. The lowest BCUT2D eigenvalue weighted by molar-refractivity contribution is 0.0981. The highest BCUT2D eigenvalue weighted by Gasteiger charge is 2.12. The van der Waals surface area contributed by atoms with Gasteiger partial charge >= 0.3 is 0 Å². The average molecular weight is 323 g/mol. The van der Waals surface area contributed by atoms with E-state index in [2.05, 4.69) is 15.9 Å². The van der Waals surface area contributed by atoms with Gasteiger partial charge in [-0.25, -0.2) is 12.8 Å². The zero-order valence-electron chi connectivity index (χ0n) is 9.24. The predicted molar refractivity (Wildman–Crippen MR) is 67.4 cm³/mol. The molecule has 0 atom stereocenters. The molecule has 17 heavy (non-hydrogen) atoms. The van der Waals surface area contributed by atoms with Crippen LogP contribution in [0.25, 0.3) is 0 Å². The number of carbonyl (C=O) groups excluding carboxylic acids is 1. The summed E-state index contributed by atoms with van der Waals surface area (Å²) in [6.45, 7) is 0. The number of sulfone groups is 1. The molecule has 3 nitrogen and oxygen atoms in total. The molecular formula is C11H12BrFO3S. The van der Waals surface area contributed by atoms with Crippen LogP contribution in [-0.2, 0) is 9.84 Å². The minimum absolute atomic E-state index is 0.0360. The fourth-order valence-electron chi connectivity index (χ4n) is 1.34. The van der Waals surface area contributed by atoms with Crippen LogP contribution >= 0.6 is 15.9 Å². The fraction of sp³-hybridized carbons (Fsp3) is 0.364. The Morgan fingerprint density at radius 1 is 1.41 bits per heavy atom. The number of carbonyl (C=O) groups is 1. The van der Waals surface area contributed by atoms with Crippen molar-refractivity contribution in [1.29, 1.82) is 0 Å². The third-order valence-electron chi connectivity index (χ3n) is 2.15. The molecule has 0 aromatic heterocycles. The Kier molecular flexibility index (Phi) is 4.82. The van der Waals surface area contributed by atoms with Crippen molar-refractivity contribution in [3.05, 3.63) is 34.1 Å². The molecule has 0 saturated heterocycles. The maximum absolute atomic E-state index is 12.9. The summed E-state index contributed by atoms with van der Waals surface area (Å²) in [4.78, 5) is 11.7. The van der Waals surface area contributed by atoms with Crippen LogP contribution in [0.1, 0.15) is 23.2 Å². The first kappa shape index (κ1) is 14.3. The Balaban J connectivity index is 2.67. The minimum atomic E-state index is -3.06. The molecule has 0 spiro atoms. The van der Waals surface area contributed by atoms with E-state index in [1.54, 1.807) is 0 Å². The van der Waals surface area contributed by atoms with Gasteiger partial charge in [-0.2, -0.15) is 0 Å². The molecule has 0 heterocycles. The Morgan fingerprint density at radius 3 is 2.65 bits per heavy atom. The highest BCUT2D eigenvalue weighted by Crippen LogP contribution is 2.20. The van der Waals surface area contributed by atoms with Crippen molar-refractivity contribution in [2.24, 2.45) is 0 Å². The van der Waals surface area contributed by atoms with Crippen LogP contribution in [0.15, 0.2) is 22.7 Å². The lowest BCUT2D eigenvalue weighted by atomic mass is 10.1. The topological polar surface area (TPSA) is 51.2 Å². The van der Waals surface area contributed by atoms with E-state index in [0.717, 1.165) is 12.3 Å². The summed E-state index contributed by atoms with van der Waals surface area (Å²) < 4.78 is 35.2. The van der Waals surface area contributed by atoms with E-state index >= 15 is 0 Å². The van der Waals surface area contributed by atoms with Gasteiger partial charge in [-0.15, -0.1) is 0 Å². The summed E-state index contributed by atoms with van der Waals surface area (Å²) in [6.07, 6.45) is 1.46. The Hall–Kier alpha value is -0.750. The number of Topliss-reactive ketones (excluding diaryl/α,β-unsaturated/α-hetero) is 1. The number of halogens is 2. The summed E-state index contributed by atoms with van der Waals surface area (Å²) in [5.41, 5.74) is 0.249. The Labute approximate surface area is 108 Å². The summed E-state index contributed by atoms with van der Waals surface area (Å²) in [5.74, 6) is -0.786. The SMILES string of the molecule is CS(=O)(=O)CCCC(=O)c1cc(F)ccc1Br. The molecule has 94 valence electrons. The molecule has 6 heteroatoms. The summed E-state index contributed by atoms with van der Waals surface area (Å²) in [5, 5.41) is 0. The van der Waals surface area contributed by atoms with Gasteiger partial charge in [-0.3, -0.25) is 4.79 Å². The van der Waals surface area contributed by atoms with Crippen molar-refractivity contribution in [2.45, 2.75) is 12.8 Å². The number of hydrogen-bond acceptors (Lipinski definition) is 3. The first-order valence-electron chi connectivity index (χ1n) is 4.95. The molecule has 0 bridgehead atoms. The summed E-state index contributed by atoms with van der Waals surface area (Å²) in [7, 11) is -3.06. The van der Waals surface area contributed by atoms with E-state index in [-0.39, 0.29) is 29.9 Å². The van der Waals surface area contributed by atoms with Crippen molar-refractivity contribution in [2.75, 3.05) is 12.0 Å². The molecule has 0 saturated carbocycles. The zero-order chi connectivity index (χ0) is 13.1. The van der Waals surface area contributed by atoms with E-state index < -0.39 is 15.7 Å². The van der Waals surface area contributed by atoms with Crippen molar-refractivity contribution in [1.82, 2.24) is 0 Å². The van der Waals surface area contributed by atoms with Gasteiger partial charge in [0.2, 0.25) is 0 Å². The molecule has 1 rings (SSSR count). The third-order valence-corrected chi connectivity index (χ3v) is 3.87. The van der Waals surface area contributed by atoms with Crippen LogP contribution in [0.4, 0.5) is 4.39 Å². The lowest BCUT2D eigenvalue weighted by Gasteiger charge is -2.03. The second-order valence-corrected chi connectivity index (χ2v) is 6.89. The number of ketones is 1. The number of rotatable bonds is 5. The smallest absolute Gasteiger partial charge is 0.164 e. The van der Waals surface area contributed by atoms with Gasteiger partial charge in [0.25, 0.3) is 0 Å². The molecule has 0 aliphatic carbocycles. The Morgan fingerprint density at radius 2 is 2.06 bits per heavy atom. The molecule has 0 radical (unpaired) electrons. The molecule has 0 fully saturated rings. The van der Waals surface area contributed by atoms with Crippen LogP contribution in [0.5, 0.6) is 0 Å². The van der Waals surface area contributed by atoms with E-state index in [1.807, 2.05) is 0 Å². The molecule has 1 aromatic rings. The molecule has 1 aromatic carbocycles. The average Bonchev–Trinajstić information content (AvgIpc) is 2.19. The van der Waals surface area contributed by atoms with Crippen LogP contribution in [0, 0.1) is 5.82 Å². The maximum atomic E-state index is 12.9. The van der Waals surface area contributed by atoms with Crippen LogP contribution in [-0.4, -0.2) is 26.2 Å². The second kappa shape index (κ2) is 5.73. The fourth-order valence-corrected chi connectivity index (χ4v) is 2.48. The molecule has 0 aliphatic rings. The van der Waals surface area contributed by atoms with Gasteiger partial charge in [0.15, 0.2) is 5.78 Å². The van der Waals surface area contributed by atoms with Crippen LogP contribution in [0.3, 0.4) is 0 Å². The van der Waals surface area contributed by atoms with Gasteiger partial charge in [0.1, 0.15) is 15.7 Å². The number of benzene rings is 1. The molecular weight excluding hydrogens is 311 g/mol. The van der Waals surface area contributed by atoms with E-state index in [1.165, 1.54) is 12.1 Å². The lowest BCUT2D eigenvalue weighted by Crippen LogP contribution is -2.07. The van der Waals surface area contributed by atoms with Crippen LogP contribution < -0.4 is 0 Å². The van der Waals surface area contributed by atoms with Gasteiger partial charge in [0.05, 0.1) is 5.75 Å². The standard InChI is InChI=1S/C11H12BrFO3S/c1-17(15,16)6-2-3-11(14)9-7-8(13)4-5-10(9)12/h4-5,7H,2-3,6H2,1H3. The predicted octanol–water partition coefficient (Wildman–Crippen LogP) is 2.60. The maximum Gasteiger partial charge on any atom is 0.164 e. The molecule has 0 N–H and O–H groups in total. The first-order chi connectivity index (χ1) is 7.79. The molecule has 0 amide bonds. The number of hydrogen-bond donors (Lipinski definition) is 0. The highest BCUT2D eigenvalue weighted by atomic mass is 79.9. The van der Waals surface area contributed by atoms with Crippen molar-refractivity contribution in [3.63, 3.8) is 0 Å². The third kappa shape index (κ3) is 4.95. The van der Waals surface area contributed by atoms with Crippen molar-refractivity contribution in [3.8, 4) is 0 Å². The summed E-state index contributed by atoms with van der Waals surface area (Å²) >= 11 is 3.16. The van der Waals surface area contributed by atoms with E-state index in [4.69, 9.17) is 0 Å². The van der Waals surface area contributed by atoms with Gasteiger partial charge in [-0.05, 0) is 24.6 Å². The van der Waals surface area contributed by atoms with Crippen LogP contribution in [0.2, 0.25) is 0 Å². The quantitative estimate of drug-likeness (QED) is 0.783. The van der Waals surface area contributed by atoms with E-state index in [0.29, 0.717) is 4.47 Å². The van der Waals surface area contributed by atoms with Gasteiger partial charge < -0.3 is 0 Å². The van der Waals surface area contributed by atoms with Crippen molar-refractivity contribution >= 4 is 31.6 Å². The van der Waals surface area contributed by atoms with Crippen molar-refractivity contribution < 1.29 is 17.6 Å². The first-order valence-corrected chi connectivity index (χ1v) is 7.81. The monoisotopic (exact) mass is 322 g/mol. The highest BCUT2D eigenvalue weighted by molar-refractivity contribution is 9.10. The van der Waals surface area contributed by atoms with Gasteiger partial charge in [-0.1, -0.05) is 15.9 Å². The van der Waals surface area contributed by atoms with E-state index in [9.17, 15) is 17.6 Å². The normalized spacial score (nSPS) is 11.5. The summed E-state index contributed by atoms with van der Waals surface area (Å²) in [6, 6.07) is 3.85. The Bertz CT molecular complexity index is 526. The largest absolute Gasteiger partial charge is 0.294 e. The van der Waals surface area contributed by atoms with Gasteiger partial charge in [0, 0.05) is 22.7 Å². The molecule has 0 aliphatic heterocycles.